The van der Waals surface area contributed by atoms with E-state index in [1.165, 1.54) is 0 Å². The Hall–Kier alpha value is -0.440. The van der Waals surface area contributed by atoms with Crippen molar-refractivity contribution in [1.29, 1.82) is 0 Å². The van der Waals surface area contributed by atoms with Gasteiger partial charge >= 0.3 is 0 Å². The van der Waals surface area contributed by atoms with Gasteiger partial charge in [0.25, 0.3) is 0 Å². The summed E-state index contributed by atoms with van der Waals surface area (Å²) in [5.74, 6) is 0. The Morgan fingerprint density at radius 3 is 2.30 bits per heavy atom. The zero-order valence-corrected chi connectivity index (χ0v) is 13.9. The summed E-state index contributed by atoms with van der Waals surface area (Å²) in [6, 6.07) is 5.48. The molecule has 1 aromatic carbocycles. The number of rotatable bonds is 3. The predicted octanol–water partition coefficient (Wildman–Crippen LogP) is 4.98. The van der Waals surface area contributed by atoms with Gasteiger partial charge in [0.05, 0.1) is 6.10 Å². The van der Waals surface area contributed by atoms with Crippen molar-refractivity contribution in [3.8, 4) is 0 Å². The van der Waals surface area contributed by atoms with Gasteiger partial charge in [0.15, 0.2) is 0 Å². The van der Waals surface area contributed by atoms with E-state index < -0.39 is 0 Å². The maximum Gasteiger partial charge on any atom is 0.0551 e. The number of halogens is 2. The van der Waals surface area contributed by atoms with E-state index in [-0.39, 0.29) is 16.9 Å². The molecule has 20 heavy (non-hydrogen) atoms. The maximum absolute atomic E-state index is 10.1. The Morgan fingerprint density at radius 1 is 1.15 bits per heavy atom. The quantitative estimate of drug-likeness (QED) is 0.824. The molecule has 0 radical (unpaired) electrons. The first-order valence-corrected chi connectivity index (χ1v) is 7.81. The fraction of sp³-hybridized carbons (Fsp3) is 0.625. The molecule has 0 saturated heterocycles. The molecule has 2 rings (SSSR count). The SMILES string of the molecule is CC1(C)CC(O)CC(C)(CNc2cc(Cl)cc(Cl)c2)C1. The maximum atomic E-state index is 10.1. The van der Waals surface area contributed by atoms with Gasteiger partial charge in [-0.15, -0.1) is 0 Å². The van der Waals surface area contributed by atoms with E-state index >= 15 is 0 Å². The molecule has 112 valence electrons. The lowest BCUT2D eigenvalue weighted by molar-refractivity contribution is -0.00317. The minimum atomic E-state index is -0.214. The van der Waals surface area contributed by atoms with Gasteiger partial charge in [-0.1, -0.05) is 44.0 Å². The Labute approximate surface area is 131 Å². The zero-order valence-electron chi connectivity index (χ0n) is 12.3. The Morgan fingerprint density at radius 2 is 1.75 bits per heavy atom. The summed E-state index contributed by atoms with van der Waals surface area (Å²) < 4.78 is 0. The normalized spacial score (nSPS) is 29.2. The molecule has 0 aliphatic heterocycles. The fourth-order valence-corrected chi connectivity index (χ4v) is 4.21. The van der Waals surface area contributed by atoms with Crippen LogP contribution in [0.2, 0.25) is 10.0 Å². The van der Waals surface area contributed by atoms with Crippen LogP contribution in [0, 0.1) is 10.8 Å². The number of aliphatic hydroxyl groups excluding tert-OH is 1. The number of nitrogens with one attached hydrogen (secondary N) is 1. The summed E-state index contributed by atoms with van der Waals surface area (Å²) in [4.78, 5) is 0. The molecule has 1 aliphatic carbocycles. The molecule has 0 bridgehead atoms. The van der Waals surface area contributed by atoms with Gasteiger partial charge in [-0.25, -0.2) is 0 Å². The third kappa shape index (κ3) is 4.28. The van der Waals surface area contributed by atoms with Gasteiger partial charge in [0.1, 0.15) is 0 Å². The van der Waals surface area contributed by atoms with E-state index in [9.17, 15) is 5.11 Å². The van der Waals surface area contributed by atoms with Crippen LogP contribution < -0.4 is 5.32 Å². The summed E-state index contributed by atoms with van der Waals surface area (Å²) >= 11 is 12.0. The average Bonchev–Trinajstić information content (AvgIpc) is 2.21. The molecule has 1 aromatic rings. The van der Waals surface area contributed by atoms with Gasteiger partial charge in [-0.3, -0.25) is 0 Å². The monoisotopic (exact) mass is 315 g/mol. The highest BCUT2D eigenvalue weighted by molar-refractivity contribution is 6.35. The van der Waals surface area contributed by atoms with Crippen molar-refractivity contribution in [2.24, 2.45) is 10.8 Å². The molecule has 0 aromatic heterocycles. The van der Waals surface area contributed by atoms with Gasteiger partial charge < -0.3 is 10.4 Å². The van der Waals surface area contributed by atoms with Gasteiger partial charge in [-0.2, -0.15) is 0 Å². The number of benzene rings is 1. The third-order valence-corrected chi connectivity index (χ3v) is 4.44. The minimum absolute atomic E-state index is 0.0793. The summed E-state index contributed by atoms with van der Waals surface area (Å²) in [6.07, 6.45) is 2.59. The summed E-state index contributed by atoms with van der Waals surface area (Å²) in [5, 5.41) is 14.8. The molecule has 1 aliphatic rings. The largest absolute Gasteiger partial charge is 0.393 e. The standard InChI is InChI=1S/C16H23Cl2NO/c1-15(2)7-14(20)8-16(3,9-15)10-19-13-5-11(17)4-12(18)6-13/h4-6,14,19-20H,7-10H2,1-3H3. The number of hydrogen-bond donors (Lipinski definition) is 2. The molecule has 0 spiro atoms. The van der Waals surface area contributed by atoms with E-state index in [2.05, 4.69) is 26.1 Å². The molecule has 0 heterocycles. The second-order valence-electron chi connectivity index (χ2n) is 7.23. The van der Waals surface area contributed by atoms with Crippen molar-refractivity contribution >= 4 is 28.9 Å². The average molecular weight is 316 g/mol. The van der Waals surface area contributed by atoms with Gasteiger partial charge in [0.2, 0.25) is 0 Å². The van der Waals surface area contributed by atoms with Gasteiger partial charge in [-0.05, 0) is 48.3 Å². The Kier molecular flexibility index (Phi) is 4.58. The Bertz CT molecular complexity index is 469. The highest BCUT2D eigenvalue weighted by Crippen LogP contribution is 2.46. The third-order valence-electron chi connectivity index (χ3n) is 4.00. The lowest BCUT2D eigenvalue weighted by atomic mass is 9.63. The first-order chi connectivity index (χ1) is 9.17. The second kappa shape index (κ2) is 5.75. The molecule has 1 saturated carbocycles. The van der Waals surface area contributed by atoms with Crippen molar-refractivity contribution < 1.29 is 5.11 Å². The lowest BCUT2D eigenvalue weighted by Gasteiger charge is -2.45. The molecule has 2 atom stereocenters. The van der Waals surface area contributed by atoms with Crippen LogP contribution in [0.1, 0.15) is 40.0 Å². The molecule has 2 nitrogen and oxygen atoms in total. The smallest absolute Gasteiger partial charge is 0.0551 e. The van der Waals surface area contributed by atoms with Crippen LogP contribution in [0.3, 0.4) is 0 Å². The van der Waals surface area contributed by atoms with Crippen molar-refractivity contribution in [3.63, 3.8) is 0 Å². The molecule has 2 unspecified atom stereocenters. The van der Waals surface area contributed by atoms with Crippen LogP contribution in [0.25, 0.3) is 0 Å². The van der Waals surface area contributed by atoms with Crippen molar-refractivity contribution in [2.45, 2.75) is 46.1 Å². The topological polar surface area (TPSA) is 32.3 Å². The van der Waals surface area contributed by atoms with Crippen LogP contribution in [0.15, 0.2) is 18.2 Å². The van der Waals surface area contributed by atoms with Crippen LogP contribution >= 0.6 is 23.2 Å². The number of aliphatic hydroxyl groups is 1. The first-order valence-electron chi connectivity index (χ1n) is 7.06. The fourth-order valence-electron chi connectivity index (χ4n) is 3.68. The van der Waals surface area contributed by atoms with Crippen molar-refractivity contribution in [3.05, 3.63) is 28.2 Å². The van der Waals surface area contributed by atoms with E-state index in [0.717, 1.165) is 31.5 Å². The van der Waals surface area contributed by atoms with E-state index in [0.29, 0.717) is 10.0 Å². The second-order valence-corrected chi connectivity index (χ2v) is 8.10. The number of anilines is 1. The Balaban J connectivity index is 2.05. The molecule has 1 fully saturated rings. The highest BCUT2D eigenvalue weighted by atomic mass is 35.5. The van der Waals surface area contributed by atoms with Gasteiger partial charge in [0, 0.05) is 22.3 Å². The van der Waals surface area contributed by atoms with Crippen molar-refractivity contribution in [1.82, 2.24) is 0 Å². The summed E-state index contributed by atoms with van der Waals surface area (Å²) in [5.41, 5.74) is 1.19. The van der Waals surface area contributed by atoms with E-state index in [1.807, 2.05) is 12.1 Å². The molecular formula is C16H23Cl2NO. The van der Waals surface area contributed by atoms with Crippen LogP contribution in [0.4, 0.5) is 5.69 Å². The lowest BCUT2D eigenvalue weighted by Crippen LogP contribution is -2.42. The van der Waals surface area contributed by atoms with E-state index in [1.54, 1.807) is 6.07 Å². The van der Waals surface area contributed by atoms with E-state index in [4.69, 9.17) is 23.2 Å². The molecule has 2 N–H and O–H groups in total. The van der Waals surface area contributed by atoms with Crippen molar-refractivity contribution in [2.75, 3.05) is 11.9 Å². The summed E-state index contributed by atoms with van der Waals surface area (Å²) in [7, 11) is 0. The first kappa shape index (κ1) is 15.9. The van der Waals surface area contributed by atoms with Crippen LogP contribution in [0.5, 0.6) is 0 Å². The predicted molar refractivity (Wildman–Crippen MR) is 86.7 cm³/mol. The molecule has 0 amide bonds. The van der Waals surface area contributed by atoms with Crippen LogP contribution in [-0.4, -0.2) is 17.8 Å². The number of hydrogen-bond acceptors (Lipinski definition) is 2. The molecule has 4 heteroatoms. The zero-order chi connectivity index (χ0) is 15.0. The highest BCUT2D eigenvalue weighted by Gasteiger charge is 2.40. The summed E-state index contributed by atoms with van der Waals surface area (Å²) in [6.45, 7) is 7.49. The minimum Gasteiger partial charge on any atom is -0.393 e. The molecular weight excluding hydrogens is 293 g/mol. The van der Waals surface area contributed by atoms with Crippen LogP contribution in [-0.2, 0) is 0 Å².